The minimum absolute atomic E-state index is 0.194. The standard InChI is InChI=1S/C9H12FNS/c1-12-9(6-11)7-3-2-4-8(10)5-7/h2-5,9H,6,11H2,1H3. The van der Waals surface area contributed by atoms with Gasteiger partial charge in [0.1, 0.15) is 5.82 Å². The van der Waals surface area contributed by atoms with E-state index in [1.807, 2.05) is 12.3 Å². The number of hydrogen-bond acceptors (Lipinski definition) is 2. The fourth-order valence-electron chi connectivity index (χ4n) is 1.08. The molecule has 0 saturated carbocycles. The van der Waals surface area contributed by atoms with Crippen LogP contribution in [0.2, 0.25) is 0 Å². The number of halogens is 1. The highest BCUT2D eigenvalue weighted by molar-refractivity contribution is 7.98. The molecule has 0 amide bonds. The largest absolute Gasteiger partial charge is 0.329 e. The molecule has 1 rings (SSSR count). The van der Waals surface area contributed by atoms with E-state index >= 15 is 0 Å². The van der Waals surface area contributed by atoms with Crippen LogP contribution >= 0.6 is 11.8 Å². The van der Waals surface area contributed by atoms with E-state index in [2.05, 4.69) is 0 Å². The molecule has 0 aliphatic heterocycles. The van der Waals surface area contributed by atoms with Crippen molar-refractivity contribution in [1.82, 2.24) is 0 Å². The Bertz CT molecular complexity index is 248. The molecule has 1 unspecified atom stereocenters. The number of nitrogens with two attached hydrogens (primary N) is 1. The molecule has 0 aromatic heterocycles. The van der Waals surface area contributed by atoms with Crippen LogP contribution in [0.15, 0.2) is 24.3 Å². The lowest BCUT2D eigenvalue weighted by Crippen LogP contribution is -2.08. The van der Waals surface area contributed by atoms with E-state index in [9.17, 15) is 4.39 Å². The number of benzene rings is 1. The van der Waals surface area contributed by atoms with Gasteiger partial charge in [-0.15, -0.1) is 0 Å². The first kappa shape index (κ1) is 9.55. The molecule has 0 saturated heterocycles. The maximum atomic E-state index is 12.8. The van der Waals surface area contributed by atoms with E-state index in [0.29, 0.717) is 6.54 Å². The highest BCUT2D eigenvalue weighted by Gasteiger charge is 2.07. The van der Waals surface area contributed by atoms with Gasteiger partial charge in [0.05, 0.1) is 0 Å². The summed E-state index contributed by atoms with van der Waals surface area (Å²) in [6.07, 6.45) is 1.97. The van der Waals surface area contributed by atoms with Crippen LogP contribution in [-0.4, -0.2) is 12.8 Å². The Labute approximate surface area is 76.2 Å². The van der Waals surface area contributed by atoms with Crippen molar-refractivity contribution < 1.29 is 4.39 Å². The maximum absolute atomic E-state index is 12.8. The second kappa shape index (κ2) is 4.48. The molecule has 0 radical (unpaired) electrons. The van der Waals surface area contributed by atoms with Crippen LogP contribution in [-0.2, 0) is 0 Å². The molecule has 1 atom stereocenters. The Morgan fingerprint density at radius 2 is 2.33 bits per heavy atom. The molecule has 0 aliphatic carbocycles. The number of thioether (sulfide) groups is 1. The molecule has 0 spiro atoms. The summed E-state index contributed by atoms with van der Waals surface area (Å²) >= 11 is 1.64. The van der Waals surface area contributed by atoms with Gasteiger partial charge in [0.15, 0.2) is 0 Å². The first-order valence-corrected chi connectivity index (χ1v) is 5.05. The lowest BCUT2D eigenvalue weighted by Gasteiger charge is -2.11. The second-order valence-electron chi connectivity index (χ2n) is 2.52. The topological polar surface area (TPSA) is 26.0 Å². The zero-order valence-electron chi connectivity index (χ0n) is 6.96. The van der Waals surface area contributed by atoms with E-state index in [1.54, 1.807) is 17.8 Å². The summed E-state index contributed by atoms with van der Waals surface area (Å²) in [5, 5.41) is 0.209. The van der Waals surface area contributed by atoms with Crippen LogP contribution in [0.25, 0.3) is 0 Å². The third kappa shape index (κ3) is 2.22. The molecule has 0 aliphatic rings. The predicted molar refractivity (Wildman–Crippen MR) is 51.7 cm³/mol. The summed E-state index contributed by atoms with van der Waals surface area (Å²) in [6.45, 7) is 0.546. The normalized spacial score (nSPS) is 12.9. The predicted octanol–water partition coefficient (Wildman–Crippen LogP) is 2.19. The van der Waals surface area contributed by atoms with Gasteiger partial charge in [0.25, 0.3) is 0 Å². The highest BCUT2D eigenvalue weighted by atomic mass is 32.2. The smallest absolute Gasteiger partial charge is 0.123 e. The van der Waals surface area contributed by atoms with E-state index < -0.39 is 0 Å². The molecule has 12 heavy (non-hydrogen) atoms. The molecule has 2 N–H and O–H groups in total. The number of hydrogen-bond donors (Lipinski definition) is 1. The van der Waals surface area contributed by atoms with Crippen LogP contribution in [0.4, 0.5) is 4.39 Å². The van der Waals surface area contributed by atoms with Crippen molar-refractivity contribution in [1.29, 1.82) is 0 Å². The molecule has 0 fully saturated rings. The highest BCUT2D eigenvalue weighted by Crippen LogP contribution is 2.25. The molecule has 3 heteroatoms. The van der Waals surface area contributed by atoms with Gasteiger partial charge in [-0.3, -0.25) is 0 Å². The maximum Gasteiger partial charge on any atom is 0.123 e. The Morgan fingerprint density at radius 3 is 2.83 bits per heavy atom. The Balaban J connectivity index is 2.85. The fourth-order valence-corrected chi connectivity index (χ4v) is 1.69. The van der Waals surface area contributed by atoms with E-state index in [4.69, 9.17) is 5.73 Å². The van der Waals surface area contributed by atoms with Gasteiger partial charge in [-0.25, -0.2) is 4.39 Å². The van der Waals surface area contributed by atoms with E-state index in [0.717, 1.165) is 5.56 Å². The lowest BCUT2D eigenvalue weighted by molar-refractivity contribution is 0.625. The summed E-state index contributed by atoms with van der Waals surface area (Å²) in [5.41, 5.74) is 6.49. The summed E-state index contributed by atoms with van der Waals surface area (Å²) in [7, 11) is 0. The van der Waals surface area contributed by atoms with Crippen LogP contribution in [0.5, 0.6) is 0 Å². The van der Waals surface area contributed by atoms with Gasteiger partial charge in [-0.2, -0.15) is 11.8 Å². The molecule has 0 bridgehead atoms. The Kier molecular flexibility index (Phi) is 3.56. The fraction of sp³-hybridized carbons (Fsp3) is 0.333. The zero-order valence-corrected chi connectivity index (χ0v) is 7.77. The molecule has 1 nitrogen and oxygen atoms in total. The van der Waals surface area contributed by atoms with Gasteiger partial charge < -0.3 is 5.73 Å². The van der Waals surface area contributed by atoms with Crippen molar-refractivity contribution in [3.05, 3.63) is 35.6 Å². The number of rotatable bonds is 3. The molecular weight excluding hydrogens is 173 g/mol. The Morgan fingerprint density at radius 1 is 1.58 bits per heavy atom. The SMILES string of the molecule is CSC(CN)c1cccc(F)c1. The van der Waals surface area contributed by atoms with Crippen molar-refractivity contribution >= 4 is 11.8 Å². The average molecular weight is 185 g/mol. The van der Waals surface area contributed by atoms with Gasteiger partial charge in [-0.1, -0.05) is 12.1 Å². The lowest BCUT2D eigenvalue weighted by atomic mass is 10.1. The minimum atomic E-state index is -0.194. The summed E-state index contributed by atoms with van der Waals surface area (Å²) in [4.78, 5) is 0. The third-order valence-electron chi connectivity index (χ3n) is 1.72. The van der Waals surface area contributed by atoms with Crippen LogP contribution < -0.4 is 5.73 Å². The minimum Gasteiger partial charge on any atom is -0.329 e. The van der Waals surface area contributed by atoms with Gasteiger partial charge in [0, 0.05) is 11.8 Å². The van der Waals surface area contributed by atoms with Crippen molar-refractivity contribution in [3.8, 4) is 0 Å². The first-order valence-electron chi connectivity index (χ1n) is 3.76. The average Bonchev–Trinajstić information content (AvgIpc) is 2.07. The van der Waals surface area contributed by atoms with Crippen molar-refractivity contribution in [2.45, 2.75) is 5.25 Å². The monoisotopic (exact) mass is 185 g/mol. The van der Waals surface area contributed by atoms with Crippen LogP contribution in [0.3, 0.4) is 0 Å². The third-order valence-corrected chi connectivity index (χ3v) is 2.75. The molecule has 66 valence electrons. The summed E-state index contributed by atoms with van der Waals surface area (Å²) < 4.78 is 12.8. The molecule has 1 aromatic carbocycles. The second-order valence-corrected chi connectivity index (χ2v) is 3.56. The molecule has 0 heterocycles. The quantitative estimate of drug-likeness (QED) is 0.781. The van der Waals surface area contributed by atoms with E-state index in [1.165, 1.54) is 12.1 Å². The molecular formula is C9H12FNS. The van der Waals surface area contributed by atoms with E-state index in [-0.39, 0.29) is 11.1 Å². The first-order chi connectivity index (χ1) is 5.77. The van der Waals surface area contributed by atoms with Crippen molar-refractivity contribution in [2.75, 3.05) is 12.8 Å². The summed E-state index contributed by atoms with van der Waals surface area (Å²) in [5.74, 6) is -0.194. The van der Waals surface area contributed by atoms with Crippen molar-refractivity contribution in [3.63, 3.8) is 0 Å². The van der Waals surface area contributed by atoms with Gasteiger partial charge in [0.2, 0.25) is 0 Å². The summed E-state index contributed by atoms with van der Waals surface area (Å²) in [6, 6.07) is 6.59. The van der Waals surface area contributed by atoms with Crippen LogP contribution in [0.1, 0.15) is 10.8 Å². The van der Waals surface area contributed by atoms with Crippen LogP contribution in [0, 0.1) is 5.82 Å². The molecule has 1 aromatic rings. The zero-order chi connectivity index (χ0) is 8.97. The Hall–Kier alpha value is -0.540. The van der Waals surface area contributed by atoms with Gasteiger partial charge >= 0.3 is 0 Å². The van der Waals surface area contributed by atoms with Gasteiger partial charge in [-0.05, 0) is 24.0 Å². The van der Waals surface area contributed by atoms with Crippen molar-refractivity contribution in [2.24, 2.45) is 5.73 Å².